The highest BCUT2D eigenvalue weighted by Gasteiger charge is 2.23. The molecule has 0 heterocycles. The highest BCUT2D eigenvalue weighted by atomic mass is 16.4. The van der Waals surface area contributed by atoms with Crippen LogP contribution in [0.3, 0.4) is 0 Å². The number of carboxylic acid groups (broad SMARTS) is 1. The molecule has 4 nitrogen and oxygen atoms in total. The van der Waals surface area contributed by atoms with Crippen LogP contribution in [-0.2, 0) is 0 Å². The average Bonchev–Trinajstić information content (AvgIpc) is 2.28. The molecule has 1 fully saturated rings. The van der Waals surface area contributed by atoms with Gasteiger partial charge in [-0.2, -0.15) is 0 Å². The van der Waals surface area contributed by atoms with Gasteiger partial charge >= 0.3 is 6.09 Å². The molecule has 13 heavy (non-hydrogen) atoms. The van der Waals surface area contributed by atoms with Gasteiger partial charge in [0.2, 0.25) is 0 Å². The maximum Gasteiger partial charge on any atom is 0.404 e. The van der Waals surface area contributed by atoms with E-state index in [1.807, 2.05) is 0 Å². The van der Waals surface area contributed by atoms with E-state index in [0.717, 1.165) is 32.1 Å². The Balaban J connectivity index is 2.48. The first kappa shape index (κ1) is 10.3. The molecule has 0 bridgehead atoms. The van der Waals surface area contributed by atoms with E-state index in [-0.39, 0.29) is 18.6 Å². The zero-order valence-electron chi connectivity index (χ0n) is 7.70. The molecule has 1 saturated carbocycles. The van der Waals surface area contributed by atoms with Crippen molar-refractivity contribution in [2.75, 3.05) is 6.61 Å². The van der Waals surface area contributed by atoms with Gasteiger partial charge in [0, 0.05) is 18.6 Å². The topological polar surface area (TPSA) is 69.6 Å². The van der Waals surface area contributed by atoms with Gasteiger partial charge in [0.1, 0.15) is 0 Å². The van der Waals surface area contributed by atoms with Gasteiger partial charge in [-0.25, -0.2) is 4.79 Å². The Labute approximate surface area is 78.0 Å². The maximum atomic E-state index is 10.4. The fourth-order valence-corrected chi connectivity index (χ4v) is 1.95. The zero-order chi connectivity index (χ0) is 9.68. The molecule has 0 spiro atoms. The van der Waals surface area contributed by atoms with Crippen LogP contribution in [0.4, 0.5) is 4.79 Å². The lowest BCUT2D eigenvalue weighted by Crippen LogP contribution is -2.40. The highest BCUT2D eigenvalue weighted by molar-refractivity contribution is 5.64. The Morgan fingerprint density at radius 1 is 1.31 bits per heavy atom. The first-order valence-electron chi connectivity index (χ1n) is 4.84. The molecule has 0 aromatic heterocycles. The lowest BCUT2D eigenvalue weighted by atomic mass is 9.96. The summed E-state index contributed by atoms with van der Waals surface area (Å²) >= 11 is 0. The normalized spacial score (nSPS) is 29.3. The summed E-state index contributed by atoms with van der Waals surface area (Å²) < 4.78 is 0. The number of nitrogens with one attached hydrogen (secondary N) is 1. The van der Waals surface area contributed by atoms with E-state index >= 15 is 0 Å². The molecule has 1 rings (SSSR count). The summed E-state index contributed by atoms with van der Waals surface area (Å²) in [6, 6.07) is -0.0509. The van der Waals surface area contributed by atoms with Crippen molar-refractivity contribution in [3.63, 3.8) is 0 Å². The average molecular weight is 187 g/mol. The van der Waals surface area contributed by atoms with Crippen LogP contribution in [0.1, 0.15) is 32.1 Å². The van der Waals surface area contributed by atoms with Crippen molar-refractivity contribution in [2.24, 2.45) is 5.92 Å². The molecule has 1 aliphatic carbocycles. The van der Waals surface area contributed by atoms with Gasteiger partial charge in [-0.3, -0.25) is 0 Å². The van der Waals surface area contributed by atoms with Crippen molar-refractivity contribution >= 4 is 6.09 Å². The summed E-state index contributed by atoms with van der Waals surface area (Å²) in [7, 11) is 0. The number of hydrogen-bond acceptors (Lipinski definition) is 2. The molecule has 0 radical (unpaired) electrons. The maximum absolute atomic E-state index is 10.4. The summed E-state index contributed by atoms with van der Waals surface area (Å²) in [5, 5.41) is 20.1. The van der Waals surface area contributed by atoms with Crippen LogP contribution in [-0.4, -0.2) is 29.0 Å². The van der Waals surface area contributed by atoms with Crippen LogP contribution < -0.4 is 5.32 Å². The molecular formula is C9H17NO3. The van der Waals surface area contributed by atoms with E-state index in [1.54, 1.807) is 0 Å². The summed E-state index contributed by atoms with van der Waals surface area (Å²) in [6.45, 7) is 0.0882. The molecule has 4 heteroatoms. The summed E-state index contributed by atoms with van der Waals surface area (Å²) in [5.41, 5.74) is 0. The van der Waals surface area contributed by atoms with Crippen LogP contribution in [0.25, 0.3) is 0 Å². The van der Waals surface area contributed by atoms with E-state index in [1.165, 1.54) is 0 Å². The Kier molecular flexibility index (Phi) is 4.02. The molecule has 0 aromatic rings. The minimum absolute atomic E-state index is 0.0509. The monoisotopic (exact) mass is 187 g/mol. The van der Waals surface area contributed by atoms with Gasteiger partial charge in [0.05, 0.1) is 0 Å². The Morgan fingerprint density at radius 2 is 2.00 bits per heavy atom. The van der Waals surface area contributed by atoms with Gasteiger partial charge < -0.3 is 15.5 Å². The molecule has 0 aliphatic heterocycles. The molecular weight excluding hydrogens is 170 g/mol. The van der Waals surface area contributed by atoms with Crippen molar-refractivity contribution in [3.05, 3.63) is 0 Å². The van der Waals surface area contributed by atoms with Gasteiger partial charge in [0.25, 0.3) is 0 Å². The number of hydrogen-bond donors (Lipinski definition) is 3. The number of aliphatic hydroxyl groups excluding tert-OH is 1. The highest BCUT2D eigenvalue weighted by Crippen LogP contribution is 2.22. The summed E-state index contributed by atoms with van der Waals surface area (Å²) in [4.78, 5) is 10.4. The number of rotatable bonds is 2. The third kappa shape index (κ3) is 3.22. The molecule has 0 aromatic carbocycles. The Bertz CT molecular complexity index is 172. The third-order valence-corrected chi connectivity index (χ3v) is 2.70. The smallest absolute Gasteiger partial charge is 0.404 e. The number of carbonyl (C=O) groups is 1. The van der Waals surface area contributed by atoms with E-state index < -0.39 is 6.09 Å². The number of amides is 1. The first-order chi connectivity index (χ1) is 6.24. The van der Waals surface area contributed by atoms with Gasteiger partial charge in [-0.15, -0.1) is 0 Å². The molecule has 1 aliphatic rings. The fraction of sp³-hybridized carbons (Fsp3) is 0.889. The van der Waals surface area contributed by atoms with Crippen molar-refractivity contribution in [2.45, 2.75) is 38.1 Å². The van der Waals surface area contributed by atoms with E-state index in [0.29, 0.717) is 0 Å². The van der Waals surface area contributed by atoms with Gasteiger partial charge in [0.15, 0.2) is 0 Å². The van der Waals surface area contributed by atoms with Crippen LogP contribution in [0.5, 0.6) is 0 Å². The second kappa shape index (κ2) is 5.07. The van der Waals surface area contributed by atoms with E-state index in [9.17, 15) is 4.79 Å². The van der Waals surface area contributed by atoms with Crippen LogP contribution in [0.15, 0.2) is 0 Å². The van der Waals surface area contributed by atoms with Crippen LogP contribution in [0.2, 0.25) is 0 Å². The van der Waals surface area contributed by atoms with Crippen molar-refractivity contribution in [3.8, 4) is 0 Å². The number of aliphatic hydroxyl groups is 1. The molecule has 2 atom stereocenters. The third-order valence-electron chi connectivity index (χ3n) is 2.70. The zero-order valence-corrected chi connectivity index (χ0v) is 7.70. The standard InChI is InChI=1S/C9H17NO3/c11-6-7-4-2-1-3-5-8(7)10-9(12)13/h7-8,10-11H,1-6H2,(H,12,13)/t7-,8+/m1/s1. The van der Waals surface area contributed by atoms with Crippen molar-refractivity contribution < 1.29 is 15.0 Å². The fourth-order valence-electron chi connectivity index (χ4n) is 1.95. The Morgan fingerprint density at radius 3 is 2.62 bits per heavy atom. The predicted molar refractivity (Wildman–Crippen MR) is 48.6 cm³/mol. The largest absolute Gasteiger partial charge is 0.465 e. The van der Waals surface area contributed by atoms with Crippen molar-refractivity contribution in [1.82, 2.24) is 5.32 Å². The summed E-state index contributed by atoms with van der Waals surface area (Å²) in [5.74, 6) is 0.110. The lowest BCUT2D eigenvalue weighted by molar-refractivity contribution is 0.160. The molecule has 0 saturated heterocycles. The van der Waals surface area contributed by atoms with E-state index in [4.69, 9.17) is 10.2 Å². The molecule has 3 N–H and O–H groups in total. The second-order valence-electron chi connectivity index (χ2n) is 3.64. The molecule has 76 valence electrons. The van der Waals surface area contributed by atoms with Crippen LogP contribution in [0, 0.1) is 5.92 Å². The second-order valence-corrected chi connectivity index (χ2v) is 3.64. The SMILES string of the molecule is O=C(O)N[C@H]1CCCCC[C@@H]1CO. The molecule has 0 unspecified atom stereocenters. The Hall–Kier alpha value is -0.770. The quantitative estimate of drug-likeness (QED) is 0.569. The van der Waals surface area contributed by atoms with E-state index in [2.05, 4.69) is 5.32 Å². The van der Waals surface area contributed by atoms with Gasteiger partial charge in [-0.1, -0.05) is 19.3 Å². The van der Waals surface area contributed by atoms with Crippen LogP contribution >= 0.6 is 0 Å². The van der Waals surface area contributed by atoms with Crippen molar-refractivity contribution in [1.29, 1.82) is 0 Å². The van der Waals surface area contributed by atoms with Gasteiger partial charge in [-0.05, 0) is 12.8 Å². The lowest BCUT2D eigenvalue weighted by Gasteiger charge is -2.22. The minimum Gasteiger partial charge on any atom is -0.465 e. The predicted octanol–water partition coefficient (Wildman–Crippen LogP) is 1.20. The first-order valence-corrected chi connectivity index (χ1v) is 4.84. The summed E-state index contributed by atoms with van der Waals surface area (Å²) in [6.07, 6.45) is 4.11. The minimum atomic E-state index is -0.981. The molecule has 1 amide bonds.